The van der Waals surface area contributed by atoms with E-state index in [1.54, 1.807) is 36.4 Å². The van der Waals surface area contributed by atoms with Crippen LogP contribution in [-0.2, 0) is 4.79 Å². The summed E-state index contributed by atoms with van der Waals surface area (Å²) in [7, 11) is 0. The predicted octanol–water partition coefficient (Wildman–Crippen LogP) is 4.50. The van der Waals surface area contributed by atoms with Gasteiger partial charge in [0.1, 0.15) is 5.75 Å². The van der Waals surface area contributed by atoms with Crippen LogP contribution >= 0.6 is 11.6 Å². The van der Waals surface area contributed by atoms with E-state index in [0.717, 1.165) is 24.0 Å². The summed E-state index contributed by atoms with van der Waals surface area (Å²) in [6.45, 7) is 6.35. The van der Waals surface area contributed by atoms with Gasteiger partial charge < -0.3 is 15.4 Å². The SMILES string of the molecule is CCCCNC(=O)c1cccc(NC(=O)COc2cc(C)c(Cl)c(C)c2)c1. The van der Waals surface area contributed by atoms with E-state index >= 15 is 0 Å². The summed E-state index contributed by atoms with van der Waals surface area (Å²) in [5.74, 6) is 0.139. The molecule has 0 fully saturated rings. The first-order chi connectivity index (χ1) is 12.9. The van der Waals surface area contributed by atoms with Crippen LogP contribution in [0.5, 0.6) is 5.75 Å². The first-order valence-electron chi connectivity index (χ1n) is 8.98. The molecule has 0 aliphatic carbocycles. The van der Waals surface area contributed by atoms with E-state index in [9.17, 15) is 9.59 Å². The Hall–Kier alpha value is -2.53. The molecular weight excluding hydrogens is 364 g/mol. The number of halogens is 1. The summed E-state index contributed by atoms with van der Waals surface area (Å²) in [5, 5.41) is 6.30. The van der Waals surface area contributed by atoms with Crippen molar-refractivity contribution in [3.8, 4) is 5.75 Å². The maximum absolute atomic E-state index is 12.2. The van der Waals surface area contributed by atoms with E-state index in [1.165, 1.54) is 0 Å². The molecular formula is C21H25ClN2O3. The fourth-order valence-electron chi connectivity index (χ4n) is 2.55. The van der Waals surface area contributed by atoms with Crippen LogP contribution in [0.15, 0.2) is 36.4 Å². The van der Waals surface area contributed by atoms with Gasteiger partial charge in [0, 0.05) is 22.8 Å². The van der Waals surface area contributed by atoms with Crippen molar-refractivity contribution < 1.29 is 14.3 Å². The van der Waals surface area contributed by atoms with Crippen molar-refractivity contribution in [1.82, 2.24) is 5.32 Å². The summed E-state index contributed by atoms with van der Waals surface area (Å²) < 4.78 is 5.55. The molecule has 0 aliphatic heterocycles. The smallest absolute Gasteiger partial charge is 0.262 e. The molecule has 0 spiro atoms. The lowest BCUT2D eigenvalue weighted by atomic mass is 10.1. The minimum absolute atomic E-state index is 0.132. The Balaban J connectivity index is 1.92. The number of aryl methyl sites for hydroxylation is 2. The average molecular weight is 389 g/mol. The van der Waals surface area contributed by atoms with Gasteiger partial charge in [0.2, 0.25) is 0 Å². The normalized spacial score (nSPS) is 10.4. The first-order valence-corrected chi connectivity index (χ1v) is 9.36. The maximum atomic E-state index is 12.2. The topological polar surface area (TPSA) is 67.4 Å². The van der Waals surface area contributed by atoms with Crippen LogP contribution in [0.1, 0.15) is 41.3 Å². The number of amides is 2. The number of hydrogen-bond donors (Lipinski definition) is 2. The summed E-state index contributed by atoms with van der Waals surface area (Å²) in [4.78, 5) is 24.3. The van der Waals surface area contributed by atoms with Crippen molar-refractivity contribution in [2.45, 2.75) is 33.6 Å². The van der Waals surface area contributed by atoms with Crippen LogP contribution in [0.4, 0.5) is 5.69 Å². The van der Waals surface area contributed by atoms with Crippen molar-refractivity contribution in [2.75, 3.05) is 18.5 Å². The van der Waals surface area contributed by atoms with E-state index in [4.69, 9.17) is 16.3 Å². The Morgan fingerprint density at radius 2 is 1.81 bits per heavy atom. The van der Waals surface area contributed by atoms with E-state index in [-0.39, 0.29) is 18.4 Å². The fraction of sp³-hybridized carbons (Fsp3) is 0.333. The van der Waals surface area contributed by atoms with Crippen LogP contribution in [0.2, 0.25) is 5.02 Å². The molecule has 2 aromatic carbocycles. The second kappa shape index (κ2) is 9.97. The summed E-state index contributed by atoms with van der Waals surface area (Å²) >= 11 is 6.13. The largest absolute Gasteiger partial charge is 0.484 e. The van der Waals surface area contributed by atoms with Crippen molar-refractivity contribution in [3.05, 3.63) is 58.1 Å². The van der Waals surface area contributed by atoms with Gasteiger partial charge in [-0.15, -0.1) is 0 Å². The quantitative estimate of drug-likeness (QED) is 0.654. The van der Waals surface area contributed by atoms with Crippen LogP contribution < -0.4 is 15.4 Å². The molecule has 0 aromatic heterocycles. The Morgan fingerprint density at radius 3 is 2.48 bits per heavy atom. The molecule has 2 rings (SSSR count). The zero-order chi connectivity index (χ0) is 19.8. The molecule has 0 saturated heterocycles. The third-order valence-corrected chi connectivity index (χ3v) is 4.60. The lowest BCUT2D eigenvalue weighted by molar-refractivity contribution is -0.118. The first kappa shape index (κ1) is 20.8. The molecule has 0 unspecified atom stereocenters. The fourth-order valence-corrected chi connectivity index (χ4v) is 2.66. The van der Waals surface area contributed by atoms with Crippen LogP contribution in [0, 0.1) is 13.8 Å². The van der Waals surface area contributed by atoms with Gasteiger partial charge in [-0.1, -0.05) is 31.0 Å². The second-order valence-electron chi connectivity index (χ2n) is 6.40. The zero-order valence-electron chi connectivity index (χ0n) is 15.9. The molecule has 0 aliphatic rings. The van der Waals surface area contributed by atoms with Crippen LogP contribution in [-0.4, -0.2) is 25.0 Å². The molecule has 5 nitrogen and oxygen atoms in total. The van der Waals surface area contributed by atoms with Crippen molar-refractivity contribution in [1.29, 1.82) is 0 Å². The van der Waals surface area contributed by atoms with Gasteiger partial charge in [0.05, 0.1) is 0 Å². The van der Waals surface area contributed by atoms with Gasteiger partial charge in [0.25, 0.3) is 11.8 Å². The predicted molar refractivity (Wildman–Crippen MR) is 109 cm³/mol. The average Bonchev–Trinajstić information content (AvgIpc) is 2.64. The molecule has 2 N–H and O–H groups in total. The molecule has 0 atom stereocenters. The van der Waals surface area contributed by atoms with Crippen molar-refractivity contribution >= 4 is 29.1 Å². The minimum atomic E-state index is -0.302. The molecule has 0 saturated carbocycles. The van der Waals surface area contributed by atoms with Gasteiger partial charge in [-0.25, -0.2) is 0 Å². The molecule has 2 aromatic rings. The monoisotopic (exact) mass is 388 g/mol. The minimum Gasteiger partial charge on any atom is -0.484 e. The molecule has 144 valence electrons. The Kier molecular flexibility index (Phi) is 7.67. The van der Waals surface area contributed by atoms with Crippen molar-refractivity contribution in [2.24, 2.45) is 0 Å². The zero-order valence-corrected chi connectivity index (χ0v) is 16.7. The summed E-state index contributed by atoms with van der Waals surface area (Å²) in [5.41, 5.74) is 2.85. The molecule has 0 heterocycles. The molecule has 0 radical (unpaired) electrons. The highest BCUT2D eigenvalue weighted by atomic mass is 35.5. The molecule has 27 heavy (non-hydrogen) atoms. The van der Waals surface area contributed by atoms with Gasteiger partial charge in [-0.05, 0) is 61.7 Å². The highest BCUT2D eigenvalue weighted by Crippen LogP contribution is 2.25. The van der Waals surface area contributed by atoms with E-state index in [1.807, 2.05) is 13.8 Å². The number of benzene rings is 2. The number of carbonyl (C=O) groups excluding carboxylic acids is 2. The van der Waals surface area contributed by atoms with Crippen LogP contribution in [0.3, 0.4) is 0 Å². The number of unbranched alkanes of at least 4 members (excludes halogenated alkanes) is 1. The summed E-state index contributed by atoms with van der Waals surface area (Å²) in [6.07, 6.45) is 1.95. The molecule has 6 heteroatoms. The highest BCUT2D eigenvalue weighted by Gasteiger charge is 2.09. The van der Waals surface area contributed by atoms with Gasteiger partial charge in [-0.3, -0.25) is 9.59 Å². The van der Waals surface area contributed by atoms with E-state index < -0.39 is 0 Å². The Morgan fingerprint density at radius 1 is 1.11 bits per heavy atom. The lowest BCUT2D eigenvalue weighted by Crippen LogP contribution is -2.25. The Bertz CT molecular complexity index is 798. The highest BCUT2D eigenvalue weighted by molar-refractivity contribution is 6.32. The van der Waals surface area contributed by atoms with Gasteiger partial charge in [-0.2, -0.15) is 0 Å². The number of carbonyl (C=O) groups is 2. The third-order valence-electron chi connectivity index (χ3n) is 4.00. The van der Waals surface area contributed by atoms with Crippen molar-refractivity contribution in [3.63, 3.8) is 0 Å². The van der Waals surface area contributed by atoms with E-state index in [2.05, 4.69) is 17.6 Å². The number of hydrogen-bond acceptors (Lipinski definition) is 3. The molecule has 2 amide bonds. The number of anilines is 1. The summed E-state index contributed by atoms with van der Waals surface area (Å²) in [6, 6.07) is 10.4. The number of nitrogens with one attached hydrogen (secondary N) is 2. The third kappa shape index (κ3) is 6.29. The second-order valence-corrected chi connectivity index (χ2v) is 6.78. The van der Waals surface area contributed by atoms with Crippen LogP contribution in [0.25, 0.3) is 0 Å². The number of ether oxygens (including phenoxy) is 1. The number of rotatable bonds is 8. The maximum Gasteiger partial charge on any atom is 0.262 e. The Labute approximate surface area is 165 Å². The lowest BCUT2D eigenvalue weighted by Gasteiger charge is -2.11. The van der Waals surface area contributed by atoms with E-state index in [0.29, 0.717) is 28.6 Å². The van der Waals surface area contributed by atoms with Gasteiger partial charge >= 0.3 is 0 Å². The standard InChI is InChI=1S/C21H25ClN2O3/c1-4-5-9-23-21(26)16-7-6-8-17(12-16)24-19(25)13-27-18-10-14(2)20(22)15(3)11-18/h6-8,10-12H,4-5,9,13H2,1-3H3,(H,23,26)(H,24,25). The van der Waals surface area contributed by atoms with Gasteiger partial charge in [0.15, 0.2) is 6.61 Å². The molecule has 0 bridgehead atoms.